The maximum Gasteiger partial charge on any atom is 0.325 e. The largest absolute Gasteiger partial charge is 0.460 e. The molecule has 1 fully saturated rings. The zero-order valence-corrected chi connectivity index (χ0v) is 10.6. The van der Waals surface area contributed by atoms with Crippen LogP contribution >= 0.6 is 0 Å². The molecule has 92 valence electrons. The Bertz CT molecular complexity index is 394. The summed E-state index contributed by atoms with van der Waals surface area (Å²) in [6, 6.07) is 9.72. The quantitative estimate of drug-likeness (QED) is 0.592. The van der Waals surface area contributed by atoms with E-state index in [1.54, 1.807) is 0 Å². The van der Waals surface area contributed by atoms with Crippen molar-refractivity contribution in [2.45, 2.75) is 39.0 Å². The molecule has 1 aromatic rings. The highest BCUT2D eigenvalue weighted by Gasteiger charge is 2.47. The van der Waals surface area contributed by atoms with Crippen molar-refractivity contribution in [1.82, 2.24) is 4.90 Å². The van der Waals surface area contributed by atoms with Gasteiger partial charge in [0.05, 0.1) is 0 Å². The smallest absolute Gasteiger partial charge is 0.325 e. The van der Waals surface area contributed by atoms with E-state index in [1.807, 2.05) is 30.3 Å². The van der Waals surface area contributed by atoms with E-state index >= 15 is 0 Å². The van der Waals surface area contributed by atoms with E-state index < -0.39 is 0 Å². The Kier molecular flexibility index (Phi) is 3.20. The summed E-state index contributed by atoms with van der Waals surface area (Å²) in [5, 5.41) is 0. The Morgan fingerprint density at radius 3 is 2.53 bits per heavy atom. The lowest BCUT2D eigenvalue weighted by Crippen LogP contribution is -2.30. The van der Waals surface area contributed by atoms with Gasteiger partial charge in [-0.1, -0.05) is 30.3 Å². The molecule has 1 aliphatic rings. The maximum absolute atomic E-state index is 11.8. The number of carbonyl (C=O) groups excluding carboxylic acids is 1. The molecule has 1 heterocycles. The van der Waals surface area contributed by atoms with Crippen molar-refractivity contribution < 1.29 is 9.53 Å². The summed E-state index contributed by atoms with van der Waals surface area (Å²) in [6.07, 6.45) is 0. The van der Waals surface area contributed by atoms with Gasteiger partial charge < -0.3 is 4.74 Å². The topological polar surface area (TPSA) is 29.3 Å². The van der Waals surface area contributed by atoms with E-state index in [-0.39, 0.29) is 17.6 Å². The lowest BCUT2D eigenvalue weighted by molar-refractivity contribution is -0.145. The number of hydrogen-bond donors (Lipinski definition) is 0. The lowest BCUT2D eigenvalue weighted by atomic mass is 10.1. The van der Waals surface area contributed by atoms with E-state index in [0.29, 0.717) is 6.61 Å². The van der Waals surface area contributed by atoms with Gasteiger partial charge in [0.2, 0.25) is 0 Å². The second-order valence-electron chi connectivity index (χ2n) is 5.43. The average Bonchev–Trinajstić information content (AvgIpc) is 3.06. The second kappa shape index (κ2) is 4.49. The minimum absolute atomic E-state index is 0.0429. The fraction of sp³-hybridized carbons (Fsp3) is 0.500. The molecular weight excluding hydrogens is 214 g/mol. The van der Waals surface area contributed by atoms with Crippen LogP contribution in [0.5, 0.6) is 0 Å². The highest BCUT2D eigenvalue weighted by molar-refractivity contribution is 5.79. The van der Waals surface area contributed by atoms with Gasteiger partial charge >= 0.3 is 5.97 Å². The number of carbonyl (C=O) groups is 1. The van der Waals surface area contributed by atoms with Crippen LogP contribution in [0.25, 0.3) is 0 Å². The first-order chi connectivity index (χ1) is 7.98. The summed E-state index contributed by atoms with van der Waals surface area (Å²) >= 11 is 0. The van der Waals surface area contributed by atoms with Crippen molar-refractivity contribution in [1.29, 1.82) is 0 Å². The first-order valence-corrected chi connectivity index (χ1v) is 5.96. The minimum atomic E-state index is -0.108. The van der Waals surface area contributed by atoms with E-state index in [4.69, 9.17) is 4.74 Å². The van der Waals surface area contributed by atoms with Crippen molar-refractivity contribution in [2.75, 3.05) is 6.54 Å². The number of esters is 1. The first-order valence-electron chi connectivity index (χ1n) is 5.96. The molecule has 0 bridgehead atoms. The van der Waals surface area contributed by atoms with E-state index in [9.17, 15) is 4.79 Å². The zero-order valence-electron chi connectivity index (χ0n) is 10.6. The number of hydrogen-bond acceptors (Lipinski definition) is 3. The van der Waals surface area contributed by atoms with Crippen LogP contribution in [0, 0.1) is 0 Å². The Morgan fingerprint density at radius 1 is 1.35 bits per heavy atom. The zero-order chi connectivity index (χ0) is 12.5. The van der Waals surface area contributed by atoms with Crippen molar-refractivity contribution in [3.63, 3.8) is 0 Å². The summed E-state index contributed by atoms with van der Waals surface area (Å²) in [6.45, 7) is 7.51. The second-order valence-corrected chi connectivity index (χ2v) is 5.43. The standard InChI is InChI=1S/C14H19NO2/c1-14(2,3)15-9-12(15)13(16)17-10-11-7-5-4-6-8-11/h4-8,12H,9-10H2,1-3H3. The van der Waals surface area contributed by atoms with Crippen LogP contribution in [0.4, 0.5) is 0 Å². The van der Waals surface area contributed by atoms with Crippen LogP contribution in [0.15, 0.2) is 30.3 Å². The van der Waals surface area contributed by atoms with Gasteiger partial charge in [-0.05, 0) is 26.3 Å². The number of ether oxygens (including phenoxy) is 1. The molecule has 1 aliphatic heterocycles. The van der Waals surface area contributed by atoms with E-state index in [0.717, 1.165) is 12.1 Å². The molecule has 1 saturated heterocycles. The van der Waals surface area contributed by atoms with Crippen LogP contribution in [0.3, 0.4) is 0 Å². The molecule has 0 N–H and O–H groups in total. The molecule has 3 heteroatoms. The molecule has 0 aromatic heterocycles. The number of nitrogens with zero attached hydrogens (tertiary/aromatic N) is 1. The summed E-state index contributed by atoms with van der Waals surface area (Å²) in [5.74, 6) is -0.108. The predicted octanol–water partition coefficient (Wildman–Crippen LogP) is 2.21. The predicted molar refractivity (Wildman–Crippen MR) is 66.5 cm³/mol. The monoisotopic (exact) mass is 233 g/mol. The molecular formula is C14H19NO2. The summed E-state index contributed by atoms with van der Waals surface area (Å²) in [5.41, 5.74) is 1.08. The molecule has 17 heavy (non-hydrogen) atoms. The van der Waals surface area contributed by atoms with Gasteiger partial charge in [-0.15, -0.1) is 0 Å². The van der Waals surface area contributed by atoms with Crippen LogP contribution in [-0.4, -0.2) is 29.0 Å². The summed E-state index contributed by atoms with van der Waals surface area (Å²) in [7, 11) is 0. The number of benzene rings is 1. The van der Waals surface area contributed by atoms with E-state index in [2.05, 4.69) is 25.7 Å². The van der Waals surface area contributed by atoms with Gasteiger partial charge in [-0.25, -0.2) is 0 Å². The van der Waals surface area contributed by atoms with Crippen molar-refractivity contribution >= 4 is 5.97 Å². The molecule has 0 amide bonds. The third-order valence-corrected chi connectivity index (χ3v) is 2.97. The third-order valence-electron chi connectivity index (χ3n) is 2.97. The molecule has 0 radical (unpaired) electrons. The molecule has 3 nitrogen and oxygen atoms in total. The Morgan fingerprint density at radius 2 is 2.00 bits per heavy atom. The van der Waals surface area contributed by atoms with Crippen LogP contribution < -0.4 is 0 Å². The van der Waals surface area contributed by atoms with Gasteiger partial charge in [0.15, 0.2) is 0 Å². The molecule has 2 rings (SSSR count). The SMILES string of the molecule is CC(C)(C)N1CC1C(=O)OCc1ccccc1. The first kappa shape index (κ1) is 12.1. The van der Waals surface area contributed by atoms with Gasteiger partial charge in [0.25, 0.3) is 0 Å². The average molecular weight is 233 g/mol. The van der Waals surface area contributed by atoms with Crippen LogP contribution in [-0.2, 0) is 16.1 Å². The highest BCUT2D eigenvalue weighted by atomic mass is 16.5. The third kappa shape index (κ3) is 3.07. The normalized spacial score (nSPS) is 23.2. The van der Waals surface area contributed by atoms with Gasteiger partial charge in [0.1, 0.15) is 12.6 Å². The highest BCUT2D eigenvalue weighted by Crippen LogP contribution is 2.29. The molecule has 2 unspecified atom stereocenters. The van der Waals surface area contributed by atoms with Gasteiger partial charge in [-0.3, -0.25) is 9.69 Å². The molecule has 0 saturated carbocycles. The number of rotatable bonds is 3. The van der Waals surface area contributed by atoms with Crippen LogP contribution in [0.2, 0.25) is 0 Å². The van der Waals surface area contributed by atoms with Gasteiger partial charge in [0, 0.05) is 12.1 Å². The van der Waals surface area contributed by atoms with Crippen molar-refractivity contribution in [3.8, 4) is 0 Å². The fourth-order valence-electron chi connectivity index (χ4n) is 1.91. The Labute approximate surface area is 102 Å². The molecule has 0 aliphatic carbocycles. The molecule has 1 aromatic carbocycles. The molecule has 0 spiro atoms. The minimum Gasteiger partial charge on any atom is -0.460 e. The van der Waals surface area contributed by atoms with Crippen molar-refractivity contribution in [2.24, 2.45) is 0 Å². The summed E-state index contributed by atoms with van der Waals surface area (Å²) in [4.78, 5) is 13.9. The van der Waals surface area contributed by atoms with E-state index in [1.165, 1.54) is 0 Å². The maximum atomic E-state index is 11.8. The molecule has 2 atom stereocenters. The van der Waals surface area contributed by atoms with Crippen molar-refractivity contribution in [3.05, 3.63) is 35.9 Å². The summed E-state index contributed by atoms with van der Waals surface area (Å²) < 4.78 is 5.30. The van der Waals surface area contributed by atoms with Crippen LogP contribution in [0.1, 0.15) is 26.3 Å². The van der Waals surface area contributed by atoms with Gasteiger partial charge in [-0.2, -0.15) is 0 Å². The Hall–Kier alpha value is -1.35. The Balaban J connectivity index is 1.80. The lowest BCUT2D eigenvalue weighted by Gasteiger charge is -2.20. The fourth-order valence-corrected chi connectivity index (χ4v) is 1.91.